The third-order valence-electron chi connectivity index (χ3n) is 1.59. The Hall–Kier alpha value is -2.17. The number of rotatable bonds is 2. The molecule has 0 radical (unpaired) electrons. The number of carbonyl (C=O) groups excluding carboxylic acids is 1. The van der Waals surface area contributed by atoms with Gasteiger partial charge < -0.3 is 0 Å². The molecule has 0 aromatic carbocycles. The van der Waals surface area contributed by atoms with Gasteiger partial charge in [-0.15, -0.1) is 0 Å². The summed E-state index contributed by atoms with van der Waals surface area (Å²) in [5, 5.41) is 0. The van der Waals surface area contributed by atoms with Gasteiger partial charge in [0.15, 0.2) is 12.1 Å². The van der Waals surface area contributed by atoms with Crippen LogP contribution in [0.3, 0.4) is 0 Å². The van der Waals surface area contributed by atoms with Crippen molar-refractivity contribution in [3.63, 3.8) is 0 Å². The number of nitrogens with zero attached hydrogens (tertiary/aromatic N) is 4. The van der Waals surface area contributed by atoms with E-state index in [0.29, 0.717) is 23.5 Å². The van der Waals surface area contributed by atoms with Crippen molar-refractivity contribution in [2.75, 3.05) is 0 Å². The molecule has 0 unspecified atom stereocenters. The van der Waals surface area contributed by atoms with Crippen LogP contribution in [-0.4, -0.2) is 26.2 Å². The Kier molecular flexibility index (Phi) is 2.22. The van der Waals surface area contributed by atoms with E-state index in [9.17, 15) is 4.79 Å². The van der Waals surface area contributed by atoms with Gasteiger partial charge in [0.25, 0.3) is 0 Å². The molecule has 2 heterocycles. The second-order valence-corrected chi connectivity index (χ2v) is 2.51. The minimum Gasteiger partial charge on any atom is -0.296 e. The van der Waals surface area contributed by atoms with Crippen molar-refractivity contribution in [2.24, 2.45) is 0 Å². The summed E-state index contributed by atoms with van der Waals surface area (Å²) in [6, 6.07) is 1.53. The molecular formula is C9H6N4O. The molecule has 68 valence electrons. The molecule has 0 bridgehead atoms. The van der Waals surface area contributed by atoms with Gasteiger partial charge in [0.1, 0.15) is 11.4 Å². The van der Waals surface area contributed by atoms with Crippen LogP contribution < -0.4 is 0 Å². The number of aromatic nitrogens is 4. The standard InChI is InChI=1S/C9H6N4O/c14-6-7-1-2-12-9(13-7)8-5-10-3-4-11-8/h1-6H. The van der Waals surface area contributed by atoms with E-state index in [-0.39, 0.29) is 0 Å². The molecule has 0 saturated carbocycles. The summed E-state index contributed by atoms with van der Waals surface area (Å²) >= 11 is 0. The number of carbonyl (C=O) groups is 1. The molecule has 2 rings (SSSR count). The Balaban J connectivity index is 2.47. The first-order valence-corrected chi connectivity index (χ1v) is 3.95. The van der Waals surface area contributed by atoms with Crippen LogP contribution in [0.2, 0.25) is 0 Å². The van der Waals surface area contributed by atoms with E-state index in [0.717, 1.165) is 0 Å². The zero-order valence-corrected chi connectivity index (χ0v) is 7.16. The van der Waals surface area contributed by atoms with Crippen LogP contribution in [0.15, 0.2) is 30.9 Å². The lowest BCUT2D eigenvalue weighted by molar-refractivity contribution is 0.111. The van der Waals surface area contributed by atoms with Crippen molar-refractivity contribution in [1.29, 1.82) is 0 Å². The molecule has 2 aromatic rings. The van der Waals surface area contributed by atoms with Crippen molar-refractivity contribution >= 4 is 6.29 Å². The molecule has 0 atom stereocenters. The van der Waals surface area contributed by atoms with Gasteiger partial charge in [-0.3, -0.25) is 9.78 Å². The largest absolute Gasteiger partial charge is 0.296 e. The molecule has 0 aliphatic heterocycles. The highest BCUT2D eigenvalue weighted by Crippen LogP contribution is 2.07. The van der Waals surface area contributed by atoms with E-state index < -0.39 is 0 Å². The predicted molar refractivity (Wildman–Crippen MR) is 48.4 cm³/mol. The lowest BCUT2D eigenvalue weighted by Gasteiger charge is -1.97. The fourth-order valence-corrected chi connectivity index (χ4v) is 0.976. The van der Waals surface area contributed by atoms with Gasteiger partial charge in [0.05, 0.1) is 6.20 Å². The first-order valence-electron chi connectivity index (χ1n) is 3.95. The van der Waals surface area contributed by atoms with Gasteiger partial charge in [-0.1, -0.05) is 0 Å². The maximum Gasteiger partial charge on any atom is 0.180 e. The van der Waals surface area contributed by atoms with E-state index in [4.69, 9.17) is 0 Å². The van der Waals surface area contributed by atoms with Crippen molar-refractivity contribution in [3.05, 3.63) is 36.5 Å². The molecule has 0 amide bonds. The second kappa shape index (κ2) is 3.69. The average Bonchev–Trinajstić information content (AvgIpc) is 2.30. The predicted octanol–water partition coefficient (Wildman–Crippen LogP) is 0.746. The molecule has 0 fully saturated rings. The number of hydrogen-bond donors (Lipinski definition) is 0. The average molecular weight is 186 g/mol. The molecule has 5 heteroatoms. The van der Waals surface area contributed by atoms with Gasteiger partial charge in [-0.25, -0.2) is 15.0 Å². The van der Waals surface area contributed by atoms with Gasteiger partial charge in [0.2, 0.25) is 0 Å². The summed E-state index contributed by atoms with van der Waals surface area (Å²) in [6.07, 6.45) is 6.84. The molecular weight excluding hydrogens is 180 g/mol. The Labute approximate surface area is 79.9 Å². The minimum atomic E-state index is 0.334. The van der Waals surface area contributed by atoms with Crippen LogP contribution in [0, 0.1) is 0 Å². The summed E-state index contributed by atoms with van der Waals surface area (Å²) in [5.74, 6) is 0.405. The second-order valence-electron chi connectivity index (χ2n) is 2.51. The normalized spacial score (nSPS) is 9.71. The van der Waals surface area contributed by atoms with E-state index in [1.165, 1.54) is 12.3 Å². The molecule has 0 saturated heterocycles. The Morgan fingerprint density at radius 1 is 1.14 bits per heavy atom. The van der Waals surface area contributed by atoms with Gasteiger partial charge in [0, 0.05) is 18.6 Å². The third-order valence-corrected chi connectivity index (χ3v) is 1.59. The van der Waals surface area contributed by atoms with Gasteiger partial charge in [-0.2, -0.15) is 0 Å². The van der Waals surface area contributed by atoms with Gasteiger partial charge in [-0.05, 0) is 6.07 Å². The maximum absolute atomic E-state index is 10.5. The Morgan fingerprint density at radius 3 is 2.79 bits per heavy atom. The van der Waals surface area contributed by atoms with E-state index in [1.807, 2.05) is 0 Å². The highest BCUT2D eigenvalue weighted by atomic mass is 16.1. The summed E-state index contributed by atoms with van der Waals surface area (Å²) in [6.45, 7) is 0. The van der Waals surface area contributed by atoms with E-state index >= 15 is 0 Å². The van der Waals surface area contributed by atoms with Crippen molar-refractivity contribution in [1.82, 2.24) is 19.9 Å². The SMILES string of the molecule is O=Cc1ccnc(-c2cnccn2)n1. The molecule has 0 N–H and O–H groups in total. The van der Waals surface area contributed by atoms with Crippen LogP contribution in [0.25, 0.3) is 11.5 Å². The van der Waals surface area contributed by atoms with Crippen molar-refractivity contribution < 1.29 is 4.79 Å². The molecule has 2 aromatic heterocycles. The number of aldehydes is 1. The lowest BCUT2D eigenvalue weighted by Crippen LogP contribution is -1.95. The zero-order chi connectivity index (χ0) is 9.80. The van der Waals surface area contributed by atoms with Crippen molar-refractivity contribution in [3.8, 4) is 11.5 Å². The molecule has 0 spiro atoms. The highest BCUT2D eigenvalue weighted by molar-refractivity contribution is 5.72. The topological polar surface area (TPSA) is 68.6 Å². The zero-order valence-electron chi connectivity index (χ0n) is 7.16. The maximum atomic E-state index is 10.5. The van der Waals surface area contributed by atoms with Crippen LogP contribution in [0.1, 0.15) is 10.5 Å². The monoisotopic (exact) mass is 186 g/mol. The molecule has 0 aliphatic rings. The van der Waals surface area contributed by atoms with E-state index in [2.05, 4.69) is 19.9 Å². The third kappa shape index (κ3) is 1.61. The summed E-state index contributed by atoms with van der Waals surface area (Å²) in [7, 11) is 0. The molecule has 0 aliphatic carbocycles. The summed E-state index contributed by atoms with van der Waals surface area (Å²) in [4.78, 5) is 26.3. The number of hydrogen-bond acceptors (Lipinski definition) is 5. The van der Waals surface area contributed by atoms with Crippen LogP contribution in [0.4, 0.5) is 0 Å². The van der Waals surface area contributed by atoms with Crippen molar-refractivity contribution in [2.45, 2.75) is 0 Å². The fourth-order valence-electron chi connectivity index (χ4n) is 0.976. The molecule has 14 heavy (non-hydrogen) atoms. The van der Waals surface area contributed by atoms with Crippen LogP contribution >= 0.6 is 0 Å². The minimum absolute atomic E-state index is 0.334. The van der Waals surface area contributed by atoms with Crippen LogP contribution in [-0.2, 0) is 0 Å². The Morgan fingerprint density at radius 2 is 2.07 bits per heavy atom. The summed E-state index contributed by atoms with van der Waals surface area (Å²) < 4.78 is 0. The van der Waals surface area contributed by atoms with Gasteiger partial charge >= 0.3 is 0 Å². The smallest absolute Gasteiger partial charge is 0.180 e. The Bertz CT molecular complexity index is 444. The lowest BCUT2D eigenvalue weighted by atomic mass is 10.4. The fraction of sp³-hybridized carbons (Fsp3) is 0. The van der Waals surface area contributed by atoms with Crippen LogP contribution in [0.5, 0.6) is 0 Å². The first-order chi connectivity index (χ1) is 6.90. The summed E-state index contributed by atoms with van der Waals surface area (Å²) in [5.41, 5.74) is 0.886. The first kappa shape index (κ1) is 8.43. The quantitative estimate of drug-likeness (QED) is 0.647. The highest BCUT2D eigenvalue weighted by Gasteiger charge is 2.02. The molecule has 5 nitrogen and oxygen atoms in total. The van der Waals surface area contributed by atoms with E-state index in [1.54, 1.807) is 18.6 Å².